The van der Waals surface area contributed by atoms with E-state index in [2.05, 4.69) is 10.3 Å². The molecule has 0 saturated carbocycles. The van der Waals surface area contributed by atoms with Gasteiger partial charge in [0.2, 0.25) is 5.91 Å². The number of carbonyl (C=O) groups excluding carboxylic acids is 1. The van der Waals surface area contributed by atoms with Crippen molar-refractivity contribution in [2.45, 2.75) is 0 Å². The average Bonchev–Trinajstić information content (AvgIpc) is 2.73. The number of fused-ring (bicyclic) bond motifs is 1. The zero-order valence-electron chi connectivity index (χ0n) is 15.5. The Morgan fingerprint density at radius 3 is 2.52 bits per heavy atom. The maximum Gasteiger partial charge on any atom is 0.238 e. The predicted octanol–water partition coefficient (Wildman–Crippen LogP) is 3.93. The van der Waals surface area contributed by atoms with E-state index in [1.807, 2.05) is 9.80 Å². The maximum absolute atomic E-state index is 14.4. The number of benzene rings is 2. The number of carbonyl (C=O) groups is 1. The fourth-order valence-electron chi connectivity index (χ4n) is 3.54. The number of anilines is 2. The van der Waals surface area contributed by atoms with Crippen LogP contribution in [0.5, 0.6) is 0 Å². The lowest BCUT2D eigenvalue weighted by atomic mass is 10.1. The third-order valence-electron chi connectivity index (χ3n) is 5.00. The molecule has 29 heavy (non-hydrogen) atoms. The number of hydrogen-bond donors (Lipinski definition) is 1. The molecule has 0 aliphatic carbocycles. The van der Waals surface area contributed by atoms with Crippen LogP contribution in [0, 0.1) is 11.6 Å². The highest BCUT2D eigenvalue weighted by molar-refractivity contribution is 6.33. The van der Waals surface area contributed by atoms with Gasteiger partial charge in [0, 0.05) is 32.4 Å². The minimum atomic E-state index is -0.543. The zero-order valence-corrected chi connectivity index (χ0v) is 16.3. The molecule has 0 spiro atoms. The largest absolute Gasteiger partial charge is 0.368 e. The van der Waals surface area contributed by atoms with E-state index in [0.717, 1.165) is 12.1 Å². The molecular weight excluding hydrogens is 398 g/mol. The second-order valence-electron chi connectivity index (χ2n) is 6.87. The van der Waals surface area contributed by atoms with Crippen LogP contribution >= 0.6 is 11.6 Å². The van der Waals surface area contributed by atoms with Crippen molar-refractivity contribution in [3.63, 3.8) is 0 Å². The summed E-state index contributed by atoms with van der Waals surface area (Å²) in [5, 5.41) is 3.49. The fraction of sp³-hybridized carbons (Fsp3) is 0.238. The van der Waals surface area contributed by atoms with Crippen LogP contribution in [0.3, 0.4) is 0 Å². The quantitative estimate of drug-likeness (QED) is 0.700. The third kappa shape index (κ3) is 4.16. The highest BCUT2D eigenvalue weighted by Crippen LogP contribution is 2.30. The van der Waals surface area contributed by atoms with Crippen LogP contribution in [0.2, 0.25) is 5.02 Å². The highest BCUT2D eigenvalue weighted by atomic mass is 35.5. The SMILES string of the molecule is O=C(CN1CCN(c2ccnc3c(F)ccc(F)c23)CC1)Nc1ccccc1Cl. The summed E-state index contributed by atoms with van der Waals surface area (Å²) < 4.78 is 28.4. The molecule has 1 fully saturated rings. The Morgan fingerprint density at radius 1 is 1.03 bits per heavy atom. The summed E-state index contributed by atoms with van der Waals surface area (Å²) in [5.74, 6) is -1.18. The molecule has 1 amide bonds. The lowest BCUT2D eigenvalue weighted by molar-refractivity contribution is -0.117. The third-order valence-corrected chi connectivity index (χ3v) is 5.33. The molecule has 0 atom stereocenters. The van der Waals surface area contributed by atoms with Gasteiger partial charge in [0.25, 0.3) is 0 Å². The van der Waals surface area contributed by atoms with Gasteiger partial charge in [-0.3, -0.25) is 14.7 Å². The van der Waals surface area contributed by atoms with Gasteiger partial charge >= 0.3 is 0 Å². The first kappa shape index (κ1) is 19.5. The number of piperazine rings is 1. The first-order valence-corrected chi connectivity index (χ1v) is 9.65. The van der Waals surface area contributed by atoms with E-state index < -0.39 is 11.6 Å². The summed E-state index contributed by atoms with van der Waals surface area (Å²) in [6.07, 6.45) is 1.49. The molecule has 1 aromatic heterocycles. The van der Waals surface area contributed by atoms with E-state index in [1.54, 1.807) is 30.3 Å². The molecule has 150 valence electrons. The number of nitrogens with zero attached hydrogens (tertiary/aromatic N) is 3. The molecule has 3 aromatic rings. The number of para-hydroxylation sites is 1. The molecule has 1 saturated heterocycles. The Kier molecular flexibility index (Phi) is 5.60. The second kappa shape index (κ2) is 8.31. The lowest BCUT2D eigenvalue weighted by Gasteiger charge is -2.36. The van der Waals surface area contributed by atoms with Crippen LogP contribution < -0.4 is 10.2 Å². The van der Waals surface area contributed by atoms with Crippen LogP contribution in [0.1, 0.15) is 0 Å². The van der Waals surface area contributed by atoms with E-state index >= 15 is 0 Å². The monoisotopic (exact) mass is 416 g/mol. The Morgan fingerprint density at radius 2 is 1.76 bits per heavy atom. The van der Waals surface area contributed by atoms with Crippen molar-refractivity contribution in [2.24, 2.45) is 0 Å². The topological polar surface area (TPSA) is 48.5 Å². The lowest BCUT2D eigenvalue weighted by Crippen LogP contribution is -2.48. The zero-order chi connectivity index (χ0) is 20.4. The van der Waals surface area contributed by atoms with Gasteiger partial charge in [-0.25, -0.2) is 8.78 Å². The summed E-state index contributed by atoms with van der Waals surface area (Å²) in [4.78, 5) is 20.3. The van der Waals surface area contributed by atoms with E-state index in [9.17, 15) is 13.6 Å². The number of amides is 1. The molecule has 0 unspecified atom stereocenters. The summed E-state index contributed by atoms with van der Waals surface area (Å²) in [6.45, 7) is 2.66. The van der Waals surface area contributed by atoms with Crippen LogP contribution in [-0.4, -0.2) is 48.5 Å². The fourth-order valence-corrected chi connectivity index (χ4v) is 3.73. The highest BCUT2D eigenvalue weighted by Gasteiger charge is 2.22. The average molecular weight is 417 g/mol. The van der Waals surface area contributed by atoms with Gasteiger partial charge in [-0.05, 0) is 30.3 Å². The van der Waals surface area contributed by atoms with Gasteiger partial charge in [0.1, 0.15) is 17.2 Å². The smallest absolute Gasteiger partial charge is 0.238 e. The van der Waals surface area contributed by atoms with Crippen LogP contribution in [0.15, 0.2) is 48.7 Å². The van der Waals surface area contributed by atoms with E-state index in [-0.39, 0.29) is 23.4 Å². The molecule has 4 rings (SSSR count). The molecule has 1 N–H and O–H groups in total. The molecule has 1 aliphatic heterocycles. The minimum absolute atomic E-state index is 0.0315. The molecule has 2 aromatic carbocycles. The van der Waals surface area contributed by atoms with Crippen molar-refractivity contribution < 1.29 is 13.6 Å². The number of pyridine rings is 1. The predicted molar refractivity (Wildman–Crippen MR) is 110 cm³/mol. The van der Waals surface area contributed by atoms with Crippen LogP contribution in [-0.2, 0) is 4.79 Å². The Hall–Kier alpha value is -2.77. The van der Waals surface area contributed by atoms with E-state index in [1.165, 1.54) is 6.20 Å². The number of nitrogens with one attached hydrogen (secondary N) is 1. The van der Waals surface area contributed by atoms with Crippen LogP contribution in [0.25, 0.3) is 10.9 Å². The summed E-state index contributed by atoms with van der Waals surface area (Å²) in [7, 11) is 0. The summed E-state index contributed by atoms with van der Waals surface area (Å²) in [6, 6.07) is 11.0. The Bertz CT molecular complexity index is 1050. The van der Waals surface area contributed by atoms with E-state index in [0.29, 0.717) is 42.6 Å². The van der Waals surface area contributed by atoms with Gasteiger partial charge in [-0.2, -0.15) is 0 Å². The number of halogens is 3. The van der Waals surface area contributed by atoms with Gasteiger partial charge in [0.05, 0.1) is 28.3 Å². The molecule has 1 aliphatic rings. The van der Waals surface area contributed by atoms with Crippen molar-refractivity contribution >= 4 is 39.8 Å². The van der Waals surface area contributed by atoms with Gasteiger partial charge in [-0.1, -0.05) is 23.7 Å². The number of hydrogen-bond acceptors (Lipinski definition) is 4. The van der Waals surface area contributed by atoms with Crippen molar-refractivity contribution in [1.82, 2.24) is 9.88 Å². The standard InChI is InChI=1S/C21H19ClF2N4O/c22-14-3-1-2-4-17(14)26-19(29)13-27-9-11-28(12-10-27)18-7-8-25-21-16(24)6-5-15(23)20(18)21/h1-8H,9-13H2,(H,26,29). The molecule has 8 heteroatoms. The van der Waals surface area contributed by atoms with Crippen molar-refractivity contribution in [3.8, 4) is 0 Å². The molecule has 0 radical (unpaired) electrons. The van der Waals surface area contributed by atoms with Gasteiger partial charge in [0.15, 0.2) is 0 Å². The normalized spacial score (nSPS) is 14.9. The number of aromatic nitrogens is 1. The number of rotatable bonds is 4. The maximum atomic E-state index is 14.4. The van der Waals surface area contributed by atoms with Gasteiger partial charge < -0.3 is 10.2 Å². The summed E-state index contributed by atoms with van der Waals surface area (Å²) in [5.41, 5.74) is 1.23. The molecule has 5 nitrogen and oxygen atoms in total. The van der Waals surface area contributed by atoms with E-state index in [4.69, 9.17) is 11.6 Å². The molecule has 0 bridgehead atoms. The molecule has 2 heterocycles. The molecular formula is C21H19ClF2N4O. The summed E-state index contributed by atoms with van der Waals surface area (Å²) >= 11 is 6.07. The van der Waals surface area contributed by atoms with Crippen LogP contribution in [0.4, 0.5) is 20.2 Å². The van der Waals surface area contributed by atoms with Crippen molar-refractivity contribution in [3.05, 3.63) is 65.3 Å². The van der Waals surface area contributed by atoms with Crippen molar-refractivity contribution in [1.29, 1.82) is 0 Å². The van der Waals surface area contributed by atoms with Crippen molar-refractivity contribution in [2.75, 3.05) is 42.9 Å². The van der Waals surface area contributed by atoms with Gasteiger partial charge in [-0.15, -0.1) is 0 Å². The minimum Gasteiger partial charge on any atom is -0.368 e. The first-order valence-electron chi connectivity index (χ1n) is 9.27. The Balaban J connectivity index is 1.41. The second-order valence-corrected chi connectivity index (χ2v) is 7.28. The first-order chi connectivity index (χ1) is 14.0. The Labute approximate surface area is 171 Å².